The van der Waals surface area contributed by atoms with Gasteiger partial charge in [-0.1, -0.05) is 17.4 Å². The molecule has 0 radical (unpaired) electrons. The van der Waals surface area contributed by atoms with Crippen LogP contribution in [0.2, 0.25) is 0 Å². The Morgan fingerprint density at radius 1 is 1.38 bits per heavy atom. The number of nitrogens with zero attached hydrogens (tertiary/aromatic N) is 2. The highest BCUT2D eigenvalue weighted by Crippen LogP contribution is 2.31. The molecule has 1 aromatic heterocycles. The maximum atomic E-state index is 13.6. The van der Waals surface area contributed by atoms with Gasteiger partial charge in [-0.3, -0.25) is 0 Å². The third kappa shape index (κ3) is 3.17. The van der Waals surface area contributed by atoms with E-state index in [2.05, 4.69) is 4.98 Å². The summed E-state index contributed by atoms with van der Waals surface area (Å²) in [4.78, 5) is 4.16. The monoisotopic (exact) mass is 330 g/mol. The van der Waals surface area contributed by atoms with E-state index in [0.717, 1.165) is 4.70 Å². The van der Waals surface area contributed by atoms with E-state index >= 15 is 0 Å². The second kappa shape index (κ2) is 5.51. The van der Waals surface area contributed by atoms with E-state index in [1.54, 1.807) is 12.1 Å². The van der Waals surface area contributed by atoms with Crippen molar-refractivity contribution < 1.29 is 17.5 Å². The third-order valence-electron chi connectivity index (χ3n) is 3.49. The summed E-state index contributed by atoms with van der Waals surface area (Å²) in [6.07, 6.45) is 2.37. The van der Waals surface area contributed by atoms with Gasteiger partial charge in [0, 0.05) is 13.1 Å². The standard InChI is InChI=1S/C13H15FN2O3S2/c1-21(17,18)16-7-5-9(6-8-16)19-13-15-12-10(14)3-2-4-11(12)20-13/h2-4,9H,5-8H2,1H3. The predicted octanol–water partition coefficient (Wildman–Crippen LogP) is 2.24. The van der Waals surface area contributed by atoms with Crippen LogP contribution in [0.25, 0.3) is 10.2 Å². The first-order valence-electron chi connectivity index (χ1n) is 6.60. The maximum Gasteiger partial charge on any atom is 0.274 e. The zero-order chi connectivity index (χ0) is 15.0. The molecule has 1 aliphatic rings. The number of hydrogen-bond donors (Lipinski definition) is 0. The lowest BCUT2D eigenvalue weighted by atomic mass is 10.1. The number of aromatic nitrogens is 1. The molecule has 5 nitrogen and oxygen atoms in total. The number of sulfonamides is 1. The summed E-state index contributed by atoms with van der Waals surface area (Å²) >= 11 is 1.31. The summed E-state index contributed by atoms with van der Waals surface area (Å²) in [5, 5.41) is 0.438. The van der Waals surface area contributed by atoms with Crippen LogP contribution in [0, 0.1) is 5.82 Å². The molecule has 3 rings (SSSR count). The van der Waals surface area contributed by atoms with Gasteiger partial charge in [-0.15, -0.1) is 0 Å². The van der Waals surface area contributed by atoms with Crippen LogP contribution in [0.15, 0.2) is 18.2 Å². The fourth-order valence-electron chi connectivity index (χ4n) is 2.37. The smallest absolute Gasteiger partial charge is 0.274 e. The van der Waals surface area contributed by atoms with Gasteiger partial charge >= 0.3 is 0 Å². The van der Waals surface area contributed by atoms with Gasteiger partial charge in [-0.05, 0) is 25.0 Å². The zero-order valence-corrected chi connectivity index (χ0v) is 13.1. The highest BCUT2D eigenvalue weighted by Gasteiger charge is 2.26. The Morgan fingerprint density at radius 3 is 2.71 bits per heavy atom. The Hall–Kier alpha value is -1.25. The molecule has 0 atom stereocenters. The first-order valence-corrected chi connectivity index (χ1v) is 9.27. The first-order chi connectivity index (χ1) is 9.93. The number of hydrogen-bond acceptors (Lipinski definition) is 5. The van der Waals surface area contributed by atoms with E-state index in [0.29, 0.717) is 36.6 Å². The minimum atomic E-state index is -3.13. The van der Waals surface area contributed by atoms with E-state index in [1.807, 2.05) is 0 Å². The number of ether oxygens (including phenoxy) is 1. The average molecular weight is 330 g/mol. The minimum absolute atomic E-state index is 0.0772. The van der Waals surface area contributed by atoms with Gasteiger partial charge in [0.2, 0.25) is 10.0 Å². The molecule has 0 amide bonds. The molecule has 1 fully saturated rings. The Kier molecular flexibility index (Phi) is 3.85. The fraction of sp³-hybridized carbons (Fsp3) is 0.462. The second-order valence-corrected chi connectivity index (χ2v) is 8.02. The molecule has 0 spiro atoms. The largest absolute Gasteiger partial charge is 0.467 e. The maximum absolute atomic E-state index is 13.6. The number of thiazole rings is 1. The molecule has 2 heterocycles. The normalized spacial score (nSPS) is 18.2. The van der Waals surface area contributed by atoms with Crippen molar-refractivity contribution >= 4 is 31.6 Å². The van der Waals surface area contributed by atoms with Crippen LogP contribution < -0.4 is 4.74 Å². The quantitative estimate of drug-likeness (QED) is 0.866. The molecule has 0 saturated carbocycles. The van der Waals surface area contributed by atoms with E-state index in [-0.39, 0.29) is 11.9 Å². The highest BCUT2D eigenvalue weighted by atomic mass is 32.2. The Labute approximate surface area is 126 Å². The molecule has 114 valence electrons. The second-order valence-electron chi connectivity index (χ2n) is 5.05. The topological polar surface area (TPSA) is 59.5 Å². The van der Waals surface area contributed by atoms with Gasteiger partial charge in [0.25, 0.3) is 5.19 Å². The van der Waals surface area contributed by atoms with Crippen molar-refractivity contribution in [1.82, 2.24) is 9.29 Å². The minimum Gasteiger partial charge on any atom is -0.467 e. The van der Waals surface area contributed by atoms with Crippen molar-refractivity contribution in [1.29, 1.82) is 0 Å². The predicted molar refractivity (Wildman–Crippen MR) is 79.6 cm³/mol. The van der Waals surface area contributed by atoms with Crippen LogP contribution in [-0.2, 0) is 10.0 Å². The van der Waals surface area contributed by atoms with Gasteiger partial charge in [0.1, 0.15) is 17.4 Å². The van der Waals surface area contributed by atoms with Crippen molar-refractivity contribution in [2.75, 3.05) is 19.3 Å². The lowest BCUT2D eigenvalue weighted by Gasteiger charge is -2.29. The molecule has 1 aromatic carbocycles. The molecule has 0 bridgehead atoms. The molecule has 1 saturated heterocycles. The lowest BCUT2D eigenvalue weighted by Crippen LogP contribution is -2.41. The summed E-state index contributed by atoms with van der Waals surface area (Å²) < 4.78 is 44.4. The van der Waals surface area contributed by atoms with Crippen LogP contribution in [0.1, 0.15) is 12.8 Å². The van der Waals surface area contributed by atoms with Gasteiger partial charge in [0.05, 0.1) is 11.0 Å². The van der Waals surface area contributed by atoms with Crippen LogP contribution in [0.5, 0.6) is 5.19 Å². The van der Waals surface area contributed by atoms with Crippen molar-refractivity contribution in [2.24, 2.45) is 0 Å². The van der Waals surface area contributed by atoms with Gasteiger partial charge in [-0.25, -0.2) is 17.1 Å². The number of para-hydroxylation sites is 1. The first kappa shape index (κ1) is 14.7. The fourth-order valence-corrected chi connectivity index (χ4v) is 4.14. The number of halogens is 1. The van der Waals surface area contributed by atoms with Crippen LogP contribution in [-0.4, -0.2) is 43.2 Å². The molecule has 0 aliphatic carbocycles. The summed E-state index contributed by atoms with van der Waals surface area (Å²) in [7, 11) is -3.13. The van der Waals surface area contributed by atoms with E-state index < -0.39 is 10.0 Å². The van der Waals surface area contributed by atoms with Crippen molar-refractivity contribution in [2.45, 2.75) is 18.9 Å². The number of rotatable bonds is 3. The molecular weight excluding hydrogens is 315 g/mol. The van der Waals surface area contributed by atoms with Gasteiger partial charge in [-0.2, -0.15) is 4.98 Å². The number of piperidine rings is 1. The molecular formula is C13H15FN2O3S2. The lowest BCUT2D eigenvalue weighted by molar-refractivity contribution is 0.135. The Balaban J connectivity index is 1.68. The molecule has 8 heteroatoms. The van der Waals surface area contributed by atoms with Crippen LogP contribution in [0.4, 0.5) is 4.39 Å². The van der Waals surface area contributed by atoms with Crippen molar-refractivity contribution in [3.63, 3.8) is 0 Å². The van der Waals surface area contributed by atoms with Gasteiger partial charge in [0.15, 0.2) is 0 Å². The summed E-state index contributed by atoms with van der Waals surface area (Å²) in [6, 6.07) is 4.82. The van der Waals surface area contributed by atoms with E-state index in [4.69, 9.17) is 4.74 Å². The highest BCUT2D eigenvalue weighted by molar-refractivity contribution is 7.88. The molecule has 21 heavy (non-hydrogen) atoms. The van der Waals surface area contributed by atoms with E-state index in [1.165, 1.54) is 28.0 Å². The number of benzene rings is 1. The average Bonchev–Trinajstić information content (AvgIpc) is 2.82. The SMILES string of the molecule is CS(=O)(=O)N1CCC(Oc2nc3c(F)cccc3s2)CC1. The van der Waals surface area contributed by atoms with Crippen molar-refractivity contribution in [3.8, 4) is 5.19 Å². The summed E-state index contributed by atoms with van der Waals surface area (Å²) in [5.74, 6) is -0.356. The molecule has 0 unspecified atom stereocenters. The van der Waals surface area contributed by atoms with E-state index in [9.17, 15) is 12.8 Å². The third-order valence-corrected chi connectivity index (χ3v) is 5.70. The summed E-state index contributed by atoms with van der Waals surface area (Å²) in [5.41, 5.74) is 0.325. The Morgan fingerprint density at radius 2 is 2.10 bits per heavy atom. The molecule has 1 aliphatic heterocycles. The molecule has 0 N–H and O–H groups in total. The number of fused-ring (bicyclic) bond motifs is 1. The van der Waals surface area contributed by atoms with Crippen LogP contribution >= 0.6 is 11.3 Å². The summed E-state index contributed by atoms with van der Waals surface area (Å²) in [6.45, 7) is 0.894. The van der Waals surface area contributed by atoms with Crippen molar-refractivity contribution in [3.05, 3.63) is 24.0 Å². The Bertz CT molecular complexity index is 752. The van der Waals surface area contributed by atoms with Crippen LogP contribution in [0.3, 0.4) is 0 Å². The zero-order valence-electron chi connectivity index (χ0n) is 11.5. The molecule has 2 aromatic rings. The van der Waals surface area contributed by atoms with Gasteiger partial charge < -0.3 is 4.74 Å².